The lowest BCUT2D eigenvalue weighted by Gasteiger charge is -2.10. The molecule has 7 heteroatoms. The molecule has 0 saturated heterocycles. The van der Waals surface area contributed by atoms with E-state index in [1.807, 2.05) is 78.9 Å². The molecule has 0 amide bonds. The van der Waals surface area contributed by atoms with E-state index in [1.165, 1.54) is 14.8 Å². The van der Waals surface area contributed by atoms with Crippen molar-refractivity contribution in [3.8, 4) is 56.8 Å². The maximum Gasteiger partial charge on any atom is 0.165 e. The number of aromatic nitrogens is 5. The topological polar surface area (TPSA) is 64.5 Å². The van der Waals surface area contributed by atoms with Crippen LogP contribution in [0, 0.1) is 0 Å². The van der Waals surface area contributed by atoms with Gasteiger partial charge in [0.1, 0.15) is 0 Å². The molecular formula is C43H25N5S2. The van der Waals surface area contributed by atoms with Gasteiger partial charge in [0.05, 0.1) is 15.9 Å². The molecule has 234 valence electrons. The van der Waals surface area contributed by atoms with Gasteiger partial charge in [-0.3, -0.25) is 0 Å². The molecule has 0 N–H and O–H groups in total. The summed E-state index contributed by atoms with van der Waals surface area (Å²) >= 11 is 3.52. The Morgan fingerprint density at radius 3 is 1.52 bits per heavy atom. The lowest BCUT2D eigenvalue weighted by molar-refractivity contribution is 1.08. The van der Waals surface area contributed by atoms with Gasteiger partial charge in [0.25, 0.3) is 0 Å². The van der Waals surface area contributed by atoms with Crippen LogP contribution in [0.4, 0.5) is 0 Å². The van der Waals surface area contributed by atoms with Gasteiger partial charge in [0, 0.05) is 58.1 Å². The maximum atomic E-state index is 5.32. The van der Waals surface area contributed by atoms with Gasteiger partial charge in [0.2, 0.25) is 0 Å². The Morgan fingerprint density at radius 1 is 0.340 bits per heavy atom. The average molecular weight is 676 g/mol. The number of fused-ring (bicyclic) bond motifs is 6. The van der Waals surface area contributed by atoms with Crippen molar-refractivity contribution >= 4 is 63.1 Å². The molecule has 0 aliphatic rings. The van der Waals surface area contributed by atoms with Crippen LogP contribution in [-0.4, -0.2) is 24.9 Å². The molecule has 0 saturated carbocycles. The number of thiophene rings is 2. The normalized spacial score (nSPS) is 11.6. The van der Waals surface area contributed by atoms with E-state index < -0.39 is 0 Å². The van der Waals surface area contributed by atoms with Crippen LogP contribution < -0.4 is 0 Å². The van der Waals surface area contributed by atoms with Crippen molar-refractivity contribution in [3.63, 3.8) is 0 Å². The highest BCUT2D eigenvalue weighted by Crippen LogP contribution is 2.46. The van der Waals surface area contributed by atoms with Gasteiger partial charge in [-0.25, -0.2) is 24.9 Å². The second-order valence-corrected chi connectivity index (χ2v) is 14.1. The number of benzene rings is 6. The van der Waals surface area contributed by atoms with Gasteiger partial charge >= 0.3 is 0 Å². The summed E-state index contributed by atoms with van der Waals surface area (Å²) in [6, 6.07) is 52.0. The van der Waals surface area contributed by atoms with E-state index in [0.29, 0.717) is 17.5 Å². The van der Waals surface area contributed by atoms with Gasteiger partial charge in [-0.05, 0) is 18.2 Å². The molecule has 0 spiro atoms. The number of nitrogens with zero attached hydrogens (tertiary/aromatic N) is 5. The first-order valence-corrected chi connectivity index (χ1v) is 18.0. The second kappa shape index (κ2) is 11.8. The van der Waals surface area contributed by atoms with E-state index in [4.69, 9.17) is 24.9 Å². The third-order valence-electron chi connectivity index (χ3n) is 8.97. The highest BCUT2D eigenvalue weighted by molar-refractivity contribution is 7.27. The smallest absolute Gasteiger partial charge is 0.165 e. The van der Waals surface area contributed by atoms with Gasteiger partial charge < -0.3 is 0 Å². The molecule has 0 aliphatic carbocycles. The summed E-state index contributed by atoms with van der Waals surface area (Å²) < 4.78 is 4.60. The summed E-state index contributed by atoms with van der Waals surface area (Å²) in [5.74, 6) is 2.67. The third-order valence-corrected chi connectivity index (χ3v) is 11.3. The van der Waals surface area contributed by atoms with Crippen LogP contribution in [0.1, 0.15) is 0 Å². The number of hydrogen-bond acceptors (Lipinski definition) is 7. The highest BCUT2D eigenvalue weighted by atomic mass is 32.1. The minimum absolute atomic E-state index is 0.648. The molecular weight excluding hydrogens is 651 g/mol. The molecule has 0 bridgehead atoms. The van der Waals surface area contributed by atoms with E-state index in [0.717, 1.165) is 65.0 Å². The summed E-state index contributed by atoms with van der Waals surface area (Å²) in [7, 11) is 0. The Kier molecular flexibility index (Phi) is 6.79. The maximum absolute atomic E-state index is 5.32. The third kappa shape index (κ3) is 4.78. The zero-order valence-corrected chi connectivity index (χ0v) is 28.1. The van der Waals surface area contributed by atoms with Crippen LogP contribution in [0.5, 0.6) is 0 Å². The Balaban J connectivity index is 1.23. The fourth-order valence-electron chi connectivity index (χ4n) is 6.64. The fourth-order valence-corrected chi connectivity index (χ4v) is 9.02. The Morgan fingerprint density at radius 2 is 0.840 bits per heavy atom. The second-order valence-electron chi connectivity index (χ2n) is 12.0. The van der Waals surface area contributed by atoms with Crippen LogP contribution in [0.25, 0.3) is 97.3 Å². The zero-order valence-electron chi connectivity index (χ0n) is 26.5. The molecule has 50 heavy (non-hydrogen) atoms. The molecule has 10 rings (SSSR count). The Labute approximate surface area is 295 Å². The first-order chi connectivity index (χ1) is 24.8. The van der Waals surface area contributed by atoms with Crippen molar-refractivity contribution in [2.75, 3.05) is 0 Å². The molecule has 4 heterocycles. The SMILES string of the molecule is c1ccc(-c2nc(-c3ccccc3)nc(-c3cccc4c3sc3cccc(-c5nc(-c6ccccc6)nc6c5sc5ccccc56)c34)n2)cc1. The van der Waals surface area contributed by atoms with E-state index >= 15 is 0 Å². The molecule has 0 radical (unpaired) electrons. The molecule has 0 aliphatic heterocycles. The largest absolute Gasteiger partial charge is 0.226 e. The van der Waals surface area contributed by atoms with Crippen molar-refractivity contribution in [3.05, 3.63) is 152 Å². The first-order valence-electron chi connectivity index (χ1n) is 16.3. The van der Waals surface area contributed by atoms with E-state index in [9.17, 15) is 0 Å². The van der Waals surface area contributed by atoms with Crippen LogP contribution in [0.3, 0.4) is 0 Å². The first kappa shape index (κ1) is 28.8. The molecule has 0 atom stereocenters. The van der Waals surface area contributed by atoms with E-state index in [2.05, 4.69) is 72.8 Å². The molecule has 0 unspecified atom stereocenters. The lowest BCUT2D eigenvalue weighted by atomic mass is 10.0. The standard InChI is InChI=1S/C43H25N5S2/c1-4-14-26(15-5-1)40-44-36-29-20-10-11-24-33(29)49-39(36)37(45-40)30-21-13-25-34-35(30)31-22-12-23-32(38(31)50-34)43-47-41(27-16-6-2-7-17-27)46-42(48-43)28-18-8-3-9-19-28/h1-25H. The van der Waals surface area contributed by atoms with E-state index in [1.54, 1.807) is 22.7 Å². The molecule has 10 aromatic rings. The zero-order chi connectivity index (χ0) is 33.0. The van der Waals surface area contributed by atoms with Gasteiger partial charge in [-0.2, -0.15) is 0 Å². The summed E-state index contributed by atoms with van der Waals surface area (Å²) in [6.07, 6.45) is 0. The van der Waals surface area contributed by atoms with Crippen LogP contribution >= 0.6 is 22.7 Å². The number of rotatable bonds is 5. The lowest BCUT2D eigenvalue weighted by Crippen LogP contribution is -2.00. The van der Waals surface area contributed by atoms with Gasteiger partial charge in [0.15, 0.2) is 23.3 Å². The monoisotopic (exact) mass is 675 g/mol. The molecule has 5 nitrogen and oxygen atoms in total. The van der Waals surface area contributed by atoms with E-state index in [-0.39, 0.29) is 0 Å². The summed E-state index contributed by atoms with van der Waals surface area (Å²) in [6.45, 7) is 0. The van der Waals surface area contributed by atoms with Crippen LogP contribution in [0.15, 0.2) is 152 Å². The van der Waals surface area contributed by atoms with Crippen molar-refractivity contribution in [2.45, 2.75) is 0 Å². The van der Waals surface area contributed by atoms with Crippen LogP contribution in [0.2, 0.25) is 0 Å². The quantitative estimate of drug-likeness (QED) is 0.182. The van der Waals surface area contributed by atoms with Crippen molar-refractivity contribution in [2.24, 2.45) is 0 Å². The highest BCUT2D eigenvalue weighted by Gasteiger charge is 2.22. The summed E-state index contributed by atoms with van der Waals surface area (Å²) in [5.41, 5.74) is 6.89. The minimum Gasteiger partial charge on any atom is -0.226 e. The average Bonchev–Trinajstić information content (AvgIpc) is 3.77. The van der Waals surface area contributed by atoms with Crippen LogP contribution in [-0.2, 0) is 0 Å². The molecule has 0 fully saturated rings. The van der Waals surface area contributed by atoms with Gasteiger partial charge in [-0.1, -0.05) is 133 Å². The van der Waals surface area contributed by atoms with Crippen molar-refractivity contribution in [1.29, 1.82) is 0 Å². The predicted molar refractivity (Wildman–Crippen MR) is 208 cm³/mol. The Hall–Kier alpha value is -6.15. The molecule has 4 aromatic heterocycles. The van der Waals surface area contributed by atoms with Crippen molar-refractivity contribution < 1.29 is 0 Å². The minimum atomic E-state index is 0.648. The number of hydrogen-bond donors (Lipinski definition) is 0. The predicted octanol–water partition coefficient (Wildman–Crippen LogP) is 11.7. The van der Waals surface area contributed by atoms with Crippen molar-refractivity contribution in [1.82, 2.24) is 24.9 Å². The summed E-state index contributed by atoms with van der Waals surface area (Å²) in [5, 5.41) is 3.47. The fraction of sp³-hybridized carbons (Fsp3) is 0. The molecule has 6 aromatic carbocycles. The summed E-state index contributed by atoms with van der Waals surface area (Å²) in [4.78, 5) is 25.5. The Bertz CT molecular complexity index is 2810. The van der Waals surface area contributed by atoms with Gasteiger partial charge in [-0.15, -0.1) is 22.7 Å².